The van der Waals surface area contributed by atoms with Crippen molar-refractivity contribution in [2.75, 3.05) is 0 Å². The molecular formula is C23H24N2O4. The first kappa shape index (κ1) is 20.3. The molecule has 0 saturated carbocycles. The lowest BCUT2D eigenvalue weighted by molar-refractivity contribution is 0.0325. The molecule has 0 radical (unpaired) electrons. The van der Waals surface area contributed by atoms with Gasteiger partial charge in [0, 0.05) is 5.56 Å². The van der Waals surface area contributed by atoms with Crippen LogP contribution in [0.3, 0.4) is 0 Å². The van der Waals surface area contributed by atoms with Crippen molar-refractivity contribution in [3.8, 4) is 16.9 Å². The molecule has 2 aromatic carbocycles. The summed E-state index contributed by atoms with van der Waals surface area (Å²) in [7, 11) is 0. The molecular weight excluding hydrogens is 368 g/mol. The van der Waals surface area contributed by atoms with Crippen molar-refractivity contribution in [2.24, 2.45) is 0 Å². The molecule has 0 spiro atoms. The lowest BCUT2D eigenvalue weighted by atomic mass is 10.0. The van der Waals surface area contributed by atoms with E-state index in [1.54, 1.807) is 32.4 Å². The van der Waals surface area contributed by atoms with Gasteiger partial charge in [-0.3, -0.25) is 0 Å². The maximum atomic E-state index is 13.0. The van der Waals surface area contributed by atoms with Gasteiger partial charge in [0.2, 0.25) is 0 Å². The normalized spacial score (nSPS) is 11.0. The summed E-state index contributed by atoms with van der Waals surface area (Å²) < 4.78 is 12.4. The van der Waals surface area contributed by atoms with E-state index >= 15 is 0 Å². The molecule has 6 nitrogen and oxygen atoms in total. The number of carbonyl (C=O) groups excluding carboxylic acids is 2. The Morgan fingerprint density at radius 1 is 0.793 bits per heavy atom. The van der Waals surface area contributed by atoms with Crippen LogP contribution in [-0.2, 0) is 9.47 Å². The Kier molecular flexibility index (Phi) is 6.12. The van der Waals surface area contributed by atoms with E-state index in [2.05, 4.69) is 5.10 Å². The number of hydrogen-bond acceptors (Lipinski definition) is 5. The average Bonchev–Trinajstić information content (AvgIpc) is 3.09. The molecule has 0 saturated heterocycles. The van der Waals surface area contributed by atoms with E-state index < -0.39 is 11.9 Å². The number of carbonyl (C=O) groups is 2. The quantitative estimate of drug-likeness (QED) is 0.570. The summed E-state index contributed by atoms with van der Waals surface area (Å²) in [4.78, 5) is 25.8. The standard InChI is InChI=1S/C23H24N2O4/c1-15(2)28-22(26)19-20(23(27)29-16(3)4)24-25(18-13-9-6-10-14-18)21(19)17-11-7-5-8-12-17/h5-16H,1-4H3. The van der Waals surface area contributed by atoms with Crippen molar-refractivity contribution >= 4 is 11.9 Å². The Balaban J connectivity index is 2.30. The van der Waals surface area contributed by atoms with Gasteiger partial charge in [-0.15, -0.1) is 0 Å². The van der Waals surface area contributed by atoms with Crippen LogP contribution in [0.1, 0.15) is 48.5 Å². The van der Waals surface area contributed by atoms with Crippen molar-refractivity contribution in [3.63, 3.8) is 0 Å². The molecule has 3 rings (SSSR count). The third-order valence-electron chi connectivity index (χ3n) is 4.02. The Morgan fingerprint density at radius 3 is 1.86 bits per heavy atom. The van der Waals surface area contributed by atoms with Crippen molar-refractivity contribution in [3.05, 3.63) is 71.9 Å². The van der Waals surface area contributed by atoms with E-state index in [0.717, 1.165) is 5.56 Å². The van der Waals surface area contributed by atoms with Crippen molar-refractivity contribution in [2.45, 2.75) is 39.9 Å². The molecule has 0 bridgehead atoms. The fourth-order valence-corrected chi connectivity index (χ4v) is 2.92. The number of hydrogen-bond donors (Lipinski definition) is 0. The molecule has 0 N–H and O–H groups in total. The second kappa shape index (κ2) is 8.73. The molecule has 150 valence electrons. The van der Waals surface area contributed by atoms with E-state index in [-0.39, 0.29) is 23.5 Å². The predicted octanol–water partition coefficient (Wildman–Crippen LogP) is 4.67. The molecule has 3 aromatic rings. The highest BCUT2D eigenvalue weighted by Gasteiger charge is 2.32. The molecule has 0 amide bonds. The second-order valence-electron chi connectivity index (χ2n) is 7.09. The van der Waals surface area contributed by atoms with Crippen molar-refractivity contribution in [1.82, 2.24) is 9.78 Å². The maximum absolute atomic E-state index is 13.0. The largest absolute Gasteiger partial charge is 0.459 e. The van der Waals surface area contributed by atoms with Crippen molar-refractivity contribution in [1.29, 1.82) is 0 Å². The van der Waals surface area contributed by atoms with Gasteiger partial charge in [0.15, 0.2) is 5.69 Å². The zero-order valence-electron chi connectivity index (χ0n) is 17.0. The summed E-state index contributed by atoms with van der Waals surface area (Å²) >= 11 is 0. The minimum atomic E-state index is -0.664. The van der Waals surface area contributed by atoms with Gasteiger partial charge in [0.1, 0.15) is 5.56 Å². The first-order chi connectivity index (χ1) is 13.9. The summed E-state index contributed by atoms with van der Waals surface area (Å²) in [5.41, 5.74) is 1.97. The number of para-hydroxylation sites is 1. The van der Waals surface area contributed by atoms with Crippen LogP contribution in [-0.4, -0.2) is 33.9 Å². The van der Waals surface area contributed by atoms with E-state index in [9.17, 15) is 9.59 Å². The van der Waals surface area contributed by atoms with Gasteiger partial charge < -0.3 is 9.47 Å². The Bertz CT molecular complexity index is 992. The van der Waals surface area contributed by atoms with E-state index in [1.807, 2.05) is 60.7 Å². The highest BCUT2D eigenvalue weighted by Crippen LogP contribution is 2.31. The Labute approximate surface area is 170 Å². The van der Waals surface area contributed by atoms with Gasteiger partial charge in [-0.1, -0.05) is 48.5 Å². The summed E-state index contributed by atoms with van der Waals surface area (Å²) in [6, 6.07) is 18.7. The summed E-state index contributed by atoms with van der Waals surface area (Å²) in [6.45, 7) is 7.01. The molecule has 29 heavy (non-hydrogen) atoms. The average molecular weight is 392 g/mol. The number of ether oxygens (including phenoxy) is 2. The minimum Gasteiger partial charge on any atom is -0.459 e. The molecule has 6 heteroatoms. The van der Waals surface area contributed by atoms with Crippen LogP contribution in [0, 0.1) is 0 Å². The van der Waals surface area contributed by atoms with Crippen LogP contribution < -0.4 is 0 Å². The third-order valence-corrected chi connectivity index (χ3v) is 4.02. The van der Waals surface area contributed by atoms with Gasteiger partial charge in [-0.2, -0.15) is 5.10 Å². The summed E-state index contributed by atoms with van der Waals surface area (Å²) in [5.74, 6) is -1.28. The Hall–Kier alpha value is -3.41. The molecule has 1 heterocycles. The van der Waals surface area contributed by atoms with Gasteiger partial charge in [-0.25, -0.2) is 14.3 Å². The summed E-state index contributed by atoms with van der Waals surface area (Å²) in [6.07, 6.45) is -0.696. The fourth-order valence-electron chi connectivity index (χ4n) is 2.92. The predicted molar refractivity (Wildman–Crippen MR) is 110 cm³/mol. The lowest BCUT2D eigenvalue weighted by Gasteiger charge is -2.12. The smallest absolute Gasteiger partial charge is 0.360 e. The fraction of sp³-hybridized carbons (Fsp3) is 0.261. The molecule has 0 fully saturated rings. The minimum absolute atomic E-state index is 0.0629. The first-order valence-corrected chi connectivity index (χ1v) is 9.54. The molecule has 0 aliphatic rings. The van der Waals surface area contributed by atoms with Crippen LogP contribution in [0.25, 0.3) is 16.9 Å². The maximum Gasteiger partial charge on any atom is 0.360 e. The lowest BCUT2D eigenvalue weighted by Crippen LogP contribution is -2.18. The molecule has 0 unspecified atom stereocenters. The number of aromatic nitrogens is 2. The highest BCUT2D eigenvalue weighted by molar-refractivity contribution is 6.06. The highest BCUT2D eigenvalue weighted by atomic mass is 16.5. The van der Waals surface area contributed by atoms with Gasteiger partial charge in [-0.05, 0) is 39.8 Å². The second-order valence-corrected chi connectivity index (χ2v) is 7.09. The van der Waals surface area contributed by atoms with Crippen molar-refractivity contribution < 1.29 is 19.1 Å². The van der Waals surface area contributed by atoms with Crippen LogP contribution >= 0.6 is 0 Å². The van der Waals surface area contributed by atoms with E-state index in [1.165, 1.54) is 0 Å². The molecule has 1 aromatic heterocycles. The zero-order valence-corrected chi connectivity index (χ0v) is 17.0. The van der Waals surface area contributed by atoms with Crippen LogP contribution in [0.4, 0.5) is 0 Å². The van der Waals surface area contributed by atoms with Crippen LogP contribution in [0.5, 0.6) is 0 Å². The first-order valence-electron chi connectivity index (χ1n) is 9.54. The van der Waals surface area contributed by atoms with Gasteiger partial charge >= 0.3 is 11.9 Å². The topological polar surface area (TPSA) is 70.4 Å². The third kappa shape index (κ3) is 4.54. The Morgan fingerprint density at radius 2 is 1.31 bits per heavy atom. The SMILES string of the molecule is CC(C)OC(=O)c1nn(-c2ccccc2)c(-c2ccccc2)c1C(=O)OC(C)C. The van der Waals surface area contributed by atoms with Gasteiger partial charge in [0.25, 0.3) is 0 Å². The summed E-state index contributed by atoms with van der Waals surface area (Å²) in [5, 5.41) is 4.48. The number of rotatable bonds is 6. The number of esters is 2. The number of nitrogens with zero attached hydrogens (tertiary/aromatic N) is 2. The molecule has 0 atom stereocenters. The number of benzene rings is 2. The van der Waals surface area contributed by atoms with E-state index in [0.29, 0.717) is 11.4 Å². The van der Waals surface area contributed by atoms with Crippen LogP contribution in [0.2, 0.25) is 0 Å². The molecule has 0 aliphatic carbocycles. The van der Waals surface area contributed by atoms with E-state index in [4.69, 9.17) is 9.47 Å². The van der Waals surface area contributed by atoms with Crippen LogP contribution in [0.15, 0.2) is 60.7 Å². The molecule has 0 aliphatic heterocycles. The monoisotopic (exact) mass is 392 g/mol. The van der Waals surface area contributed by atoms with Gasteiger partial charge in [0.05, 0.1) is 23.6 Å². The zero-order chi connectivity index (χ0) is 21.0.